The molecule has 0 bridgehead atoms. The van der Waals surface area contributed by atoms with Crippen LogP contribution in [0.15, 0.2) is 30.3 Å². The van der Waals surface area contributed by atoms with E-state index in [0.29, 0.717) is 28.9 Å². The van der Waals surface area contributed by atoms with Crippen molar-refractivity contribution in [2.45, 2.75) is 26.8 Å². The zero-order chi connectivity index (χ0) is 16.1. The van der Waals surface area contributed by atoms with Gasteiger partial charge < -0.3 is 10.1 Å². The molecule has 0 spiro atoms. The molecule has 0 aliphatic rings. The highest BCUT2D eigenvalue weighted by Crippen LogP contribution is 2.33. The third kappa shape index (κ3) is 4.22. The first-order valence-electron chi connectivity index (χ1n) is 7.12. The van der Waals surface area contributed by atoms with Gasteiger partial charge in [-0.3, -0.25) is 0 Å². The summed E-state index contributed by atoms with van der Waals surface area (Å²) < 4.78 is 5.76. The van der Waals surface area contributed by atoms with Gasteiger partial charge in [-0.25, -0.2) is 0 Å². The van der Waals surface area contributed by atoms with Crippen molar-refractivity contribution in [1.29, 1.82) is 0 Å². The number of ether oxygens (including phenoxy) is 1. The van der Waals surface area contributed by atoms with Crippen LogP contribution in [-0.2, 0) is 6.54 Å². The van der Waals surface area contributed by atoms with Crippen LogP contribution in [0.5, 0.6) is 5.75 Å². The molecule has 5 heteroatoms. The maximum absolute atomic E-state index is 6.25. The van der Waals surface area contributed by atoms with Gasteiger partial charge in [0.15, 0.2) is 0 Å². The van der Waals surface area contributed by atoms with Crippen LogP contribution in [0.25, 0.3) is 0 Å². The Hall–Kier alpha value is -1.09. The first kappa shape index (κ1) is 17.3. The van der Waals surface area contributed by atoms with E-state index in [1.807, 2.05) is 31.2 Å². The SMILES string of the molecule is CCCOc1c(Cl)cc(Cl)cc1CNc1cccc(Cl)c1C. The Balaban J connectivity index is 2.23. The van der Waals surface area contributed by atoms with Gasteiger partial charge in [0.05, 0.1) is 11.6 Å². The van der Waals surface area contributed by atoms with E-state index in [9.17, 15) is 0 Å². The van der Waals surface area contributed by atoms with E-state index >= 15 is 0 Å². The number of hydrogen-bond acceptors (Lipinski definition) is 2. The van der Waals surface area contributed by atoms with Crippen molar-refractivity contribution in [1.82, 2.24) is 0 Å². The smallest absolute Gasteiger partial charge is 0.142 e. The maximum atomic E-state index is 6.25. The molecule has 2 aromatic carbocycles. The van der Waals surface area contributed by atoms with Crippen molar-refractivity contribution in [3.8, 4) is 5.75 Å². The number of nitrogens with one attached hydrogen (secondary N) is 1. The molecule has 22 heavy (non-hydrogen) atoms. The van der Waals surface area contributed by atoms with Crippen molar-refractivity contribution in [3.05, 3.63) is 56.5 Å². The molecule has 0 fully saturated rings. The number of anilines is 1. The van der Waals surface area contributed by atoms with Gasteiger partial charge in [-0.2, -0.15) is 0 Å². The Morgan fingerprint density at radius 2 is 1.86 bits per heavy atom. The molecular formula is C17H18Cl3NO. The van der Waals surface area contributed by atoms with Crippen molar-refractivity contribution in [2.24, 2.45) is 0 Å². The van der Waals surface area contributed by atoms with E-state index < -0.39 is 0 Å². The maximum Gasteiger partial charge on any atom is 0.142 e. The third-order valence-corrected chi connectivity index (χ3v) is 4.18. The van der Waals surface area contributed by atoms with E-state index in [-0.39, 0.29) is 0 Å². The number of halogens is 3. The second kappa shape index (κ2) is 7.96. The first-order chi connectivity index (χ1) is 10.5. The average molecular weight is 359 g/mol. The van der Waals surface area contributed by atoms with Crippen LogP contribution in [0.2, 0.25) is 15.1 Å². The summed E-state index contributed by atoms with van der Waals surface area (Å²) in [6.07, 6.45) is 0.916. The Bertz CT molecular complexity index is 659. The molecule has 2 nitrogen and oxygen atoms in total. The Labute approximate surface area is 146 Å². The van der Waals surface area contributed by atoms with Gasteiger partial charge in [0.25, 0.3) is 0 Å². The second-order valence-electron chi connectivity index (χ2n) is 4.99. The zero-order valence-electron chi connectivity index (χ0n) is 12.6. The number of benzene rings is 2. The summed E-state index contributed by atoms with van der Waals surface area (Å²) >= 11 is 18.5. The van der Waals surface area contributed by atoms with Crippen molar-refractivity contribution in [3.63, 3.8) is 0 Å². The van der Waals surface area contributed by atoms with Gasteiger partial charge in [0.1, 0.15) is 5.75 Å². The van der Waals surface area contributed by atoms with Gasteiger partial charge in [0, 0.05) is 27.8 Å². The van der Waals surface area contributed by atoms with Gasteiger partial charge in [-0.15, -0.1) is 0 Å². The van der Waals surface area contributed by atoms with Crippen LogP contribution in [-0.4, -0.2) is 6.61 Å². The van der Waals surface area contributed by atoms with E-state index in [4.69, 9.17) is 39.5 Å². The average Bonchev–Trinajstić information content (AvgIpc) is 2.47. The molecule has 1 N–H and O–H groups in total. The van der Waals surface area contributed by atoms with Gasteiger partial charge in [0.2, 0.25) is 0 Å². The second-order valence-corrected chi connectivity index (χ2v) is 6.24. The Morgan fingerprint density at radius 3 is 2.59 bits per heavy atom. The van der Waals surface area contributed by atoms with Crippen molar-refractivity contribution in [2.75, 3.05) is 11.9 Å². The molecular weight excluding hydrogens is 341 g/mol. The van der Waals surface area contributed by atoms with Crippen LogP contribution in [0.4, 0.5) is 5.69 Å². The van der Waals surface area contributed by atoms with E-state index in [1.165, 1.54) is 0 Å². The highest BCUT2D eigenvalue weighted by molar-refractivity contribution is 6.35. The minimum Gasteiger partial charge on any atom is -0.492 e. The zero-order valence-corrected chi connectivity index (χ0v) is 14.8. The lowest BCUT2D eigenvalue weighted by Gasteiger charge is -2.16. The molecule has 0 saturated heterocycles. The largest absolute Gasteiger partial charge is 0.492 e. The Kier molecular flexibility index (Phi) is 6.25. The molecule has 0 aliphatic heterocycles. The van der Waals surface area contributed by atoms with Crippen LogP contribution >= 0.6 is 34.8 Å². The molecule has 0 amide bonds. The predicted octanol–water partition coefficient (Wildman–Crippen LogP) is 6.36. The monoisotopic (exact) mass is 357 g/mol. The van der Waals surface area contributed by atoms with E-state index in [0.717, 1.165) is 28.3 Å². The topological polar surface area (TPSA) is 21.3 Å². The predicted molar refractivity (Wildman–Crippen MR) is 95.8 cm³/mol. The fourth-order valence-electron chi connectivity index (χ4n) is 2.10. The summed E-state index contributed by atoms with van der Waals surface area (Å²) in [5, 5.41) is 5.21. The minimum atomic E-state index is 0.528. The molecule has 0 radical (unpaired) electrons. The lowest BCUT2D eigenvalue weighted by molar-refractivity contribution is 0.314. The number of rotatable bonds is 6. The first-order valence-corrected chi connectivity index (χ1v) is 8.26. The van der Waals surface area contributed by atoms with Crippen LogP contribution in [0, 0.1) is 6.92 Å². The summed E-state index contributed by atoms with van der Waals surface area (Å²) in [6.45, 7) is 5.20. The summed E-state index contributed by atoms with van der Waals surface area (Å²) in [4.78, 5) is 0. The molecule has 118 valence electrons. The molecule has 0 aromatic heterocycles. The quantitative estimate of drug-likeness (QED) is 0.649. The molecule has 2 aromatic rings. The fraction of sp³-hybridized carbons (Fsp3) is 0.294. The van der Waals surface area contributed by atoms with Gasteiger partial charge in [-0.1, -0.05) is 47.8 Å². The highest BCUT2D eigenvalue weighted by atomic mass is 35.5. The molecule has 0 heterocycles. The fourth-order valence-corrected chi connectivity index (χ4v) is 2.86. The van der Waals surface area contributed by atoms with E-state index in [1.54, 1.807) is 6.07 Å². The van der Waals surface area contributed by atoms with Gasteiger partial charge in [-0.05, 0) is 43.2 Å². The molecule has 2 rings (SSSR count). The molecule has 0 unspecified atom stereocenters. The normalized spacial score (nSPS) is 10.6. The lowest BCUT2D eigenvalue weighted by Crippen LogP contribution is -2.05. The highest BCUT2D eigenvalue weighted by Gasteiger charge is 2.11. The van der Waals surface area contributed by atoms with Gasteiger partial charge >= 0.3 is 0 Å². The molecule has 0 saturated carbocycles. The van der Waals surface area contributed by atoms with Crippen molar-refractivity contribution >= 4 is 40.5 Å². The third-order valence-electron chi connectivity index (χ3n) is 3.27. The number of hydrogen-bond donors (Lipinski definition) is 1. The Morgan fingerprint density at radius 1 is 1.09 bits per heavy atom. The van der Waals surface area contributed by atoms with Crippen molar-refractivity contribution < 1.29 is 4.74 Å². The standard InChI is InChI=1S/C17H18Cl3NO/c1-3-7-22-17-12(8-13(18)9-15(17)20)10-21-16-6-4-5-14(19)11(16)2/h4-6,8-9,21H,3,7,10H2,1-2H3. The van der Waals surface area contributed by atoms with E-state index in [2.05, 4.69) is 12.2 Å². The lowest BCUT2D eigenvalue weighted by atomic mass is 10.1. The summed E-state index contributed by atoms with van der Waals surface area (Å²) in [5.74, 6) is 0.681. The summed E-state index contributed by atoms with van der Waals surface area (Å²) in [5.41, 5.74) is 2.91. The summed E-state index contributed by atoms with van der Waals surface area (Å²) in [7, 11) is 0. The molecule has 0 aliphatic carbocycles. The van der Waals surface area contributed by atoms with Crippen LogP contribution in [0.1, 0.15) is 24.5 Å². The van der Waals surface area contributed by atoms with Crippen LogP contribution in [0.3, 0.4) is 0 Å². The molecule has 0 atom stereocenters. The summed E-state index contributed by atoms with van der Waals surface area (Å²) in [6, 6.07) is 9.33. The minimum absolute atomic E-state index is 0.528. The van der Waals surface area contributed by atoms with Crippen LogP contribution < -0.4 is 10.1 Å².